The SMILES string of the molecule is CCc1csc(CC(=O)NC2CCC(C(=O)O)CC2)n1. The molecule has 1 heterocycles. The minimum absolute atomic E-state index is 0.0132. The van der Waals surface area contributed by atoms with E-state index in [4.69, 9.17) is 5.11 Å². The summed E-state index contributed by atoms with van der Waals surface area (Å²) in [5.41, 5.74) is 1.03. The van der Waals surface area contributed by atoms with E-state index < -0.39 is 5.97 Å². The lowest BCUT2D eigenvalue weighted by molar-refractivity contribution is -0.142. The molecule has 0 saturated heterocycles. The standard InChI is InChI=1S/C14H20N2O3S/c1-2-10-8-20-13(16-10)7-12(17)15-11-5-3-9(4-6-11)14(18)19/h8-9,11H,2-7H2,1H3,(H,15,17)(H,18,19). The van der Waals surface area contributed by atoms with Gasteiger partial charge in [-0.1, -0.05) is 6.92 Å². The normalized spacial score (nSPS) is 22.4. The molecule has 0 aliphatic heterocycles. The summed E-state index contributed by atoms with van der Waals surface area (Å²) in [6, 6.07) is 0.115. The van der Waals surface area contributed by atoms with E-state index in [1.54, 1.807) is 0 Å². The van der Waals surface area contributed by atoms with Crippen molar-refractivity contribution in [3.63, 3.8) is 0 Å². The average molecular weight is 296 g/mol. The third kappa shape index (κ3) is 4.03. The van der Waals surface area contributed by atoms with E-state index in [2.05, 4.69) is 10.3 Å². The molecule has 0 atom stereocenters. The van der Waals surface area contributed by atoms with Gasteiger partial charge in [0.15, 0.2) is 0 Å². The summed E-state index contributed by atoms with van der Waals surface area (Å²) in [4.78, 5) is 27.2. The van der Waals surface area contributed by atoms with Crippen LogP contribution in [-0.2, 0) is 22.4 Å². The second-order valence-electron chi connectivity index (χ2n) is 5.22. The van der Waals surface area contributed by atoms with Crippen LogP contribution in [-0.4, -0.2) is 28.0 Å². The van der Waals surface area contributed by atoms with E-state index in [1.165, 1.54) is 11.3 Å². The first-order valence-corrected chi connectivity index (χ1v) is 7.92. The van der Waals surface area contributed by atoms with E-state index in [0.717, 1.165) is 30.0 Å². The van der Waals surface area contributed by atoms with E-state index in [-0.39, 0.29) is 17.9 Å². The van der Waals surface area contributed by atoms with Gasteiger partial charge in [-0.3, -0.25) is 9.59 Å². The van der Waals surface area contributed by atoms with E-state index in [1.807, 2.05) is 12.3 Å². The molecule has 0 bridgehead atoms. The number of aliphatic carboxylic acids is 1. The molecular formula is C14H20N2O3S. The van der Waals surface area contributed by atoms with E-state index in [9.17, 15) is 9.59 Å². The molecule has 1 saturated carbocycles. The van der Waals surface area contributed by atoms with Crippen LogP contribution < -0.4 is 5.32 Å². The predicted molar refractivity (Wildman–Crippen MR) is 76.7 cm³/mol. The Morgan fingerprint density at radius 1 is 1.40 bits per heavy atom. The lowest BCUT2D eigenvalue weighted by Crippen LogP contribution is -2.39. The van der Waals surface area contributed by atoms with Crippen molar-refractivity contribution in [2.24, 2.45) is 5.92 Å². The Hall–Kier alpha value is -1.43. The van der Waals surface area contributed by atoms with E-state index in [0.29, 0.717) is 19.3 Å². The van der Waals surface area contributed by atoms with Gasteiger partial charge in [0.2, 0.25) is 5.91 Å². The number of rotatable bonds is 5. The number of amides is 1. The smallest absolute Gasteiger partial charge is 0.306 e. The first kappa shape index (κ1) is 15.0. The molecular weight excluding hydrogens is 276 g/mol. The molecule has 2 rings (SSSR count). The molecule has 1 aliphatic rings. The highest BCUT2D eigenvalue weighted by Gasteiger charge is 2.26. The van der Waals surface area contributed by atoms with Gasteiger partial charge in [0, 0.05) is 11.4 Å². The highest BCUT2D eigenvalue weighted by Crippen LogP contribution is 2.24. The Kier molecular flexibility index (Phi) is 5.11. The number of nitrogens with zero attached hydrogens (tertiary/aromatic N) is 1. The monoisotopic (exact) mass is 296 g/mol. The fourth-order valence-corrected chi connectivity index (χ4v) is 3.37. The molecule has 1 aromatic rings. The third-order valence-corrected chi connectivity index (χ3v) is 4.61. The number of carbonyl (C=O) groups is 2. The zero-order valence-electron chi connectivity index (χ0n) is 11.6. The summed E-state index contributed by atoms with van der Waals surface area (Å²) in [5, 5.41) is 14.8. The maximum absolute atomic E-state index is 11.9. The van der Waals surface area contributed by atoms with Gasteiger partial charge in [-0.25, -0.2) is 4.98 Å². The van der Waals surface area contributed by atoms with Crippen molar-refractivity contribution < 1.29 is 14.7 Å². The van der Waals surface area contributed by atoms with Gasteiger partial charge in [-0.15, -0.1) is 11.3 Å². The van der Waals surface area contributed by atoms with Gasteiger partial charge in [0.25, 0.3) is 0 Å². The van der Waals surface area contributed by atoms with Gasteiger partial charge in [0.1, 0.15) is 5.01 Å². The van der Waals surface area contributed by atoms with Gasteiger partial charge >= 0.3 is 5.97 Å². The molecule has 0 unspecified atom stereocenters. The molecule has 1 amide bonds. The molecule has 1 fully saturated rings. The van der Waals surface area contributed by atoms with Crippen molar-refractivity contribution in [2.45, 2.75) is 51.5 Å². The van der Waals surface area contributed by atoms with Gasteiger partial charge < -0.3 is 10.4 Å². The lowest BCUT2D eigenvalue weighted by Gasteiger charge is -2.26. The van der Waals surface area contributed by atoms with Crippen molar-refractivity contribution in [1.82, 2.24) is 10.3 Å². The lowest BCUT2D eigenvalue weighted by atomic mass is 9.86. The fourth-order valence-electron chi connectivity index (χ4n) is 2.49. The molecule has 1 aromatic heterocycles. The van der Waals surface area contributed by atoms with Crippen LogP contribution in [0.25, 0.3) is 0 Å². The number of aromatic nitrogens is 1. The molecule has 20 heavy (non-hydrogen) atoms. The van der Waals surface area contributed by atoms with Crippen LogP contribution in [0.4, 0.5) is 0 Å². The topological polar surface area (TPSA) is 79.3 Å². The summed E-state index contributed by atoms with van der Waals surface area (Å²) < 4.78 is 0. The van der Waals surface area contributed by atoms with Crippen molar-refractivity contribution in [2.75, 3.05) is 0 Å². The molecule has 5 nitrogen and oxygen atoms in total. The number of carbonyl (C=O) groups excluding carboxylic acids is 1. The zero-order valence-corrected chi connectivity index (χ0v) is 12.4. The molecule has 2 N–H and O–H groups in total. The largest absolute Gasteiger partial charge is 0.481 e. The highest BCUT2D eigenvalue weighted by molar-refractivity contribution is 7.09. The molecule has 0 aromatic carbocycles. The van der Waals surface area contributed by atoms with Crippen LogP contribution in [0.3, 0.4) is 0 Å². The second-order valence-corrected chi connectivity index (χ2v) is 6.16. The third-order valence-electron chi connectivity index (χ3n) is 3.71. The molecule has 6 heteroatoms. The minimum Gasteiger partial charge on any atom is -0.481 e. The quantitative estimate of drug-likeness (QED) is 0.871. The number of carboxylic acids is 1. The van der Waals surface area contributed by atoms with Crippen LogP contribution in [0.5, 0.6) is 0 Å². The Balaban J connectivity index is 1.76. The van der Waals surface area contributed by atoms with Gasteiger partial charge in [0.05, 0.1) is 18.0 Å². The van der Waals surface area contributed by atoms with Crippen LogP contribution in [0.2, 0.25) is 0 Å². The average Bonchev–Trinajstić information content (AvgIpc) is 2.86. The van der Waals surface area contributed by atoms with E-state index >= 15 is 0 Å². The van der Waals surface area contributed by atoms with Gasteiger partial charge in [-0.05, 0) is 32.1 Å². The van der Waals surface area contributed by atoms with Crippen LogP contribution >= 0.6 is 11.3 Å². The number of thiazole rings is 1. The zero-order chi connectivity index (χ0) is 14.5. The summed E-state index contributed by atoms with van der Waals surface area (Å²) in [7, 11) is 0. The number of nitrogens with one attached hydrogen (secondary N) is 1. The summed E-state index contributed by atoms with van der Waals surface area (Å²) >= 11 is 1.52. The Labute approximate surface area is 122 Å². The first-order valence-electron chi connectivity index (χ1n) is 7.04. The Morgan fingerprint density at radius 3 is 2.65 bits per heavy atom. The molecule has 0 spiro atoms. The molecule has 110 valence electrons. The minimum atomic E-state index is -0.718. The number of carboxylic acid groups (broad SMARTS) is 1. The van der Waals surface area contributed by atoms with Crippen molar-refractivity contribution in [3.05, 3.63) is 16.1 Å². The van der Waals surface area contributed by atoms with Crippen molar-refractivity contribution in [1.29, 1.82) is 0 Å². The highest BCUT2D eigenvalue weighted by atomic mass is 32.1. The molecule has 1 aliphatic carbocycles. The number of hydrogen-bond acceptors (Lipinski definition) is 4. The number of aryl methyl sites for hydroxylation is 1. The summed E-state index contributed by atoms with van der Waals surface area (Å²) in [6.07, 6.45) is 4.01. The second kappa shape index (κ2) is 6.83. The first-order chi connectivity index (χ1) is 9.58. The summed E-state index contributed by atoms with van der Waals surface area (Å²) in [6.45, 7) is 2.04. The number of hydrogen-bond donors (Lipinski definition) is 2. The maximum atomic E-state index is 11.9. The van der Waals surface area contributed by atoms with Crippen molar-refractivity contribution in [3.8, 4) is 0 Å². The predicted octanol–water partition coefficient (Wildman–Crippen LogP) is 2.01. The molecule has 0 radical (unpaired) electrons. The Bertz CT molecular complexity index is 479. The van der Waals surface area contributed by atoms with Crippen LogP contribution in [0.15, 0.2) is 5.38 Å². The van der Waals surface area contributed by atoms with Crippen molar-refractivity contribution >= 4 is 23.2 Å². The fraction of sp³-hybridized carbons (Fsp3) is 0.643. The van der Waals surface area contributed by atoms with Gasteiger partial charge in [-0.2, -0.15) is 0 Å². The maximum Gasteiger partial charge on any atom is 0.306 e. The van der Waals surface area contributed by atoms with Crippen LogP contribution in [0.1, 0.15) is 43.3 Å². The Morgan fingerprint density at radius 2 is 2.10 bits per heavy atom. The van der Waals surface area contributed by atoms with Crippen LogP contribution in [0, 0.1) is 5.92 Å². The summed E-state index contributed by atoms with van der Waals surface area (Å²) in [5.74, 6) is -0.973.